The molecule has 0 spiro atoms. The lowest BCUT2D eigenvalue weighted by molar-refractivity contribution is 0.251. The van der Waals surface area contributed by atoms with E-state index in [1.165, 1.54) is 31.5 Å². The van der Waals surface area contributed by atoms with Crippen molar-refractivity contribution in [2.45, 2.75) is 26.2 Å². The van der Waals surface area contributed by atoms with Gasteiger partial charge < -0.3 is 15.5 Å². The molecule has 2 amide bonds. The molecule has 1 aliphatic rings. The number of likely N-dealkylation sites (tertiary alicyclic amines) is 1. The van der Waals surface area contributed by atoms with Gasteiger partial charge in [0.1, 0.15) is 0 Å². The van der Waals surface area contributed by atoms with Crippen LogP contribution in [0.2, 0.25) is 0 Å². The highest BCUT2D eigenvalue weighted by Gasteiger charge is 2.10. The third kappa shape index (κ3) is 4.91. The van der Waals surface area contributed by atoms with Gasteiger partial charge in [0.05, 0.1) is 0 Å². The molecule has 1 aliphatic heterocycles. The fourth-order valence-corrected chi connectivity index (χ4v) is 2.32. The van der Waals surface area contributed by atoms with Crippen molar-refractivity contribution in [3.05, 3.63) is 29.8 Å². The van der Waals surface area contributed by atoms with Gasteiger partial charge in [-0.25, -0.2) is 4.79 Å². The number of carbonyl (C=O) groups excluding carboxylic acids is 1. The van der Waals surface area contributed by atoms with E-state index in [1.54, 1.807) is 0 Å². The summed E-state index contributed by atoms with van der Waals surface area (Å²) in [4.78, 5) is 14.1. The molecule has 0 saturated carbocycles. The zero-order valence-electron chi connectivity index (χ0n) is 11.6. The van der Waals surface area contributed by atoms with Crippen LogP contribution in [0.5, 0.6) is 0 Å². The van der Waals surface area contributed by atoms with Gasteiger partial charge >= 0.3 is 6.03 Å². The van der Waals surface area contributed by atoms with E-state index in [0.717, 1.165) is 25.2 Å². The van der Waals surface area contributed by atoms with Crippen LogP contribution in [0.4, 0.5) is 10.5 Å². The first-order valence-electron chi connectivity index (χ1n) is 7.08. The molecule has 1 fully saturated rings. The van der Waals surface area contributed by atoms with Crippen LogP contribution in [0, 0.1) is 6.92 Å². The second-order valence-corrected chi connectivity index (χ2v) is 5.15. The Hall–Kier alpha value is -1.55. The minimum absolute atomic E-state index is 0.120. The largest absolute Gasteiger partial charge is 0.338 e. The zero-order chi connectivity index (χ0) is 13.5. The summed E-state index contributed by atoms with van der Waals surface area (Å²) in [7, 11) is 0. The number of nitrogens with one attached hydrogen (secondary N) is 2. The summed E-state index contributed by atoms with van der Waals surface area (Å²) in [5.41, 5.74) is 2.03. The predicted octanol–water partition coefficient (Wildman–Crippen LogP) is 2.60. The van der Waals surface area contributed by atoms with Crippen LogP contribution in [0.3, 0.4) is 0 Å². The molecule has 4 nitrogen and oxygen atoms in total. The molecule has 19 heavy (non-hydrogen) atoms. The molecule has 1 aromatic carbocycles. The quantitative estimate of drug-likeness (QED) is 0.800. The van der Waals surface area contributed by atoms with Crippen molar-refractivity contribution in [3.8, 4) is 0 Å². The van der Waals surface area contributed by atoms with Crippen LogP contribution in [0.1, 0.15) is 24.8 Å². The Morgan fingerprint density at radius 2 is 1.89 bits per heavy atom. The third-order valence-corrected chi connectivity index (χ3v) is 3.44. The normalized spacial score (nSPS) is 15.4. The Morgan fingerprint density at radius 3 is 2.58 bits per heavy atom. The number of benzene rings is 1. The first kappa shape index (κ1) is 13.9. The van der Waals surface area contributed by atoms with E-state index in [9.17, 15) is 4.79 Å². The second kappa shape index (κ2) is 7.14. The molecule has 4 heteroatoms. The number of urea groups is 1. The van der Waals surface area contributed by atoms with Crippen molar-refractivity contribution in [2.75, 3.05) is 31.5 Å². The molecule has 0 radical (unpaired) electrons. The molecular weight excluding hydrogens is 238 g/mol. The highest BCUT2D eigenvalue weighted by atomic mass is 16.2. The number of aryl methyl sites for hydroxylation is 1. The Labute approximate surface area is 115 Å². The van der Waals surface area contributed by atoms with Gasteiger partial charge in [0, 0.05) is 12.2 Å². The summed E-state index contributed by atoms with van der Waals surface area (Å²) in [6.07, 6.45) is 3.66. The number of hydrogen-bond donors (Lipinski definition) is 2. The molecule has 0 atom stereocenters. The first-order chi connectivity index (χ1) is 9.24. The molecule has 1 saturated heterocycles. The van der Waals surface area contributed by atoms with Crippen LogP contribution < -0.4 is 10.6 Å². The van der Waals surface area contributed by atoms with Crippen LogP contribution in [0.25, 0.3) is 0 Å². The molecule has 1 aromatic rings. The highest BCUT2D eigenvalue weighted by molar-refractivity contribution is 5.89. The molecule has 2 N–H and O–H groups in total. The minimum atomic E-state index is -0.120. The van der Waals surface area contributed by atoms with Gasteiger partial charge in [0.15, 0.2) is 0 Å². The van der Waals surface area contributed by atoms with Gasteiger partial charge in [-0.05, 0) is 58.0 Å². The Balaban J connectivity index is 1.60. The van der Waals surface area contributed by atoms with Crippen molar-refractivity contribution in [1.29, 1.82) is 0 Å². The molecule has 2 rings (SSSR count). The molecule has 0 unspecified atom stereocenters. The van der Waals surface area contributed by atoms with Gasteiger partial charge in [-0.15, -0.1) is 0 Å². The summed E-state index contributed by atoms with van der Waals surface area (Å²) in [5, 5.41) is 5.73. The number of amides is 2. The topological polar surface area (TPSA) is 44.4 Å². The predicted molar refractivity (Wildman–Crippen MR) is 78.5 cm³/mol. The second-order valence-electron chi connectivity index (χ2n) is 5.15. The lowest BCUT2D eigenvalue weighted by Gasteiger charge is -2.14. The summed E-state index contributed by atoms with van der Waals surface area (Å²) >= 11 is 0. The molecule has 104 valence electrons. The maximum Gasteiger partial charge on any atom is 0.319 e. The number of anilines is 1. The van der Waals surface area contributed by atoms with Crippen LogP contribution in [-0.2, 0) is 0 Å². The van der Waals surface area contributed by atoms with Crippen molar-refractivity contribution in [3.63, 3.8) is 0 Å². The summed E-state index contributed by atoms with van der Waals surface area (Å²) in [6, 6.07) is 7.69. The lowest BCUT2D eigenvalue weighted by atomic mass is 10.2. The smallest absolute Gasteiger partial charge is 0.319 e. The molecule has 0 bridgehead atoms. The van der Waals surface area contributed by atoms with E-state index < -0.39 is 0 Å². The maximum absolute atomic E-state index is 11.7. The molecule has 0 aliphatic carbocycles. The number of hydrogen-bond acceptors (Lipinski definition) is 2. The fraction of sp³-hybridized carbons (Fsp3) is 0.533. The molecule has 1 heterocycles. The molecule has 0 aromatic heterocycles. The van der Waals surface area contributed by atoms with E-state index in [0.29, 0.717) is 0 Å². The minimum Gasteiger partial charge on any atom is -0.338 e. The monoisotopic (exact) mass is 261 g/mol. The average Bonchev–Trinajstić information content (AvgIpc) is 2.91. The SMILES string of the molecule is Cc1ccc(NC(=O)NCCCN2CCCC2)cc1. The number of nitrogens with zero attached hydrogens (tertiary/aromatic N) is 1. The van der Waals surface area contributed by atoms with E-state index in [2.05, 4.69) is 15.5 Å². The average molecular weight is 261 g/mol. The van der Waals surface area contributed by atoms with E-state index in [1.807, 2.05) is 31.2 Å². The third-order valence-electron chi connectivity index (χ3n) is 3.44. The Bertz CT molecular complexity index is 396. The van der Waals surface area contributed by atoms with Gasteiger partial charge in [0.2, 0.25) is 0 Å². The standard InChI is InChI=1S/C15H23N3O/c1-13-5-7-14(8-6-13)17-15(19)16-9-4-12-18-10-2-3-11-18/h5-8H,2-4,9-12H2,1H3,(H2,16,17,19). The van der Waals surface area contributed by atoms with Gasteiger partial charge in [-0.1, -0.05) is 17.7 Å². The Kier molecular flexibility index (Phi) is 5.21. The van der Waals surface area contributed by atoms with Crippen molar-refractivity contribution < 1.29 is 4.79 Å². The van der Waals surface area contributed by atoms with Crippen molar-refractivity contribution >= 4 is 11.7 Å². The summed E-state index contributed by atoms with van der Waals surface area (Å²) in [6.45, 7) is 6.28. The first-order valence-corrected chi connectivity index (χ1v) is 7.08. The number of rotatable bonds is 5. The van der Waals surface area contributed by atoms with Crippen molar-refractivity contribution in [1.82, 2.24) is 10.2 Å². The van der Waals surface area contributed by atoms with Crippen LogP contribution in [-0.4, -0.2) is 37.1 Å². The number of carbonyl (C=O) groups is 1. The van der Waals surface area contributed by atoms with E-state index >= 15 is 0 Å². The summed E-state index contributed by atoms with van der Waals surface area (Å²) < 4.78 is 0. The lowest BCUT2D eigenvalue weighted by Crippen LogP contribution is -2.31. The van der Waals surface area contributed by atoms with E-state index in [4.69, 9.17) is 0 Å². The van der Waals surface area contributed by atoms with Gasteiger partial charge in [-0.3, -0.25) is 0 Å². The molecular formula is C15H23N3O. The van der Waals surface area contributed by atoms with Crippen LogP contribution in [0.15, 0.2) is 24.3 Å². The maximum atomic E-state index is 11.7. The fourth-order valence-electron chi connectivity index (χ4n) is 2.32. The van der Waals surface area contributed by atoms with Gasteiger partial charge in [-0.2, -0.15) is 0 Å². The van der Waals surface area contributed by atoms with E-state index in [-0.39, 0.29) is 6.03 Å². The van der Waals surface area contributed by atoms with Crippen LogP contribution >= 0.6 is 0 Å². The zero-order valence-corrected chi connectivity index (χ0v) is 11.6. The van der Waals surface area contributed by atoms with Crippen molar-refractivity contribution in [2.24, 2.45) is 0 Å². The summed E-state index contributed by atoms with van der Waals surface area (Å²) in [5.74, 6) is 0. The van der Waals surface area contributed by atoms with Gasteiger partial charge in [0.25, 0.3) is 0 Å². The Morgan fingerprint density at radius 1 is 1.21 bits per heavy atom. The highest BCUT2D eigenvalue weighted by Crippen LogP contribution is 2.08.